The summed E-state index contributed by atoms with van der Waals surface area (Å²) in [7, 11) is 0. The van der Waals surface area contributed by atoms with Crippen LogP contribution in [0.2, 0.25) is 0 Å². The van der Waals surface area contributed by atoms with E-state index in [1.165, 1.54) is 64.6 Å². The van der Waals surface area contributed by atoms with Crippen LogP contribution in [-0.4, -0.2) is 36.1 Å². The van der Waals surface area contributed by atoms with Crippen LogP contribution in [0.5, 0.6) is 0 Å². The summed E-state index contributed by atoms with van der Waals surface area (Å²) in [5.74, 6) is 3.04. The van der Waals surface area contributed by atoms with Crippen LogP contribution >= 0.6 is 0 Å². The zero-order chi connectivity index (χ0) is 12.2. The van der Waals surface area contributed by atoms with Crippen LogP contribution in [0, 0.1) is 17.8 Å². The van der Waals surface area contributed by atoms with E-state index in [1.54, 1.807) is 0 Å². The van der Waals surface area contributed by atoms with E-state index in [0.717, 1.165) is 23.8 Å². The zero-order valence-electron chi connectivity index (χ0n) is 11.8. The lowest BCUT2D eigenvalue weighted by atomic mass is 9.83. The fraction of sp³-hybridized carbons (Fsp3) is 1.00. The number of hydrogen-bond acceptors (Lipinski definition) is 2. The molecule has 2 heteroatoms. The molecule has 4 aliphatic rings. The molecule has 2 nitrogen and oxygen atoms in total. The number of hydrogen-bond donors (Lipinski definition) is 1. The number of piperazine rings is 1. The lowest BCUT2D eigenvalue weighted by molar-refractivity contribution is 0.0391. The first-order chi connectivity index (χ1) is 8.74. The van der Waals surface area contributed by atoms with Crippen molar-refractivity contribution in [1.29, 1.82) is 0 Å². The first-order valence-electron chi connectivity index (χ1n) is 8.24. The van der Waals surface area contributed by atoms with Gasteiger partial charge < -0.3 is 5.32 Å². The Morgan fingerprint density at radius 1 is 1.11 bits per heavy atom. The Bertz CT molecular complexity index is 317. The lowest BCUT2D eigenvalue weighted by Gasteiger charge is -2.49. The highest BCUT2D eigenvalue weighted by molar-refractivity contribution is 5.06. The van der Waals surface area contributed by atoms with Gasteiger partial charge in [0.1, 0.15) is 0 Å². The lowest BCUT2D eigenvalue weighted by Crippen LogP contribution is -2.65. The second kappa shape index (κ2) is 4.21. The standard InChI is InChI=1S/C16H28N2/c1-16(14-7-8-14)11-18(10-12-3-2-4-12)15(9-17-16)13-5-6-13/h12-15,17H,2-11H2,1H3. The molecule has 102 valence electrons. The van der Waals surface area contributed by atoms with Gasteiger partial charge in [0.2, 0.25) is 0 Å². The Labute approximate surface area is 111 Å². The van der Waals surface area contributed by atoms with Crippen molar-refractivity contribution in [3.63, 3.8) is 0 Å². The first-order valence-corrected chi connectivity index (χ1v) is 8.24. The Kier molecular flexibility index (Phi) is 2.74. The summed E-state index contributed by atoms with van der Waals surface area (Å²) >= 11 is 0. The summed E-state index contributed by atoms with van der Waals surface area (Å²) in [5.41, 5.74) is 0.440. The Morgan fingerprint density at radius 2 is 1.89 bits per heavy atom. The van der Waals surface area contributed by atoms with E-state index in [-0.39, 0.29) is 0 Å². The predicted octanol–water partition coefficient (Wildman–Crippen LogP) is 2.64. The van der Waals surface area contributed by atoms with Gasteiger partial charge >= 0.3 is 0 Å². The van der Waals surface area contributed by atoms with Gasteiger partial charge in [-0.1, -0.05) is 6.42 Å². The molecule has 3 aliphatic carbocycles. The molecule has 2 unspecified atom stereocenters. The van der Waals surface area contributed by atoms with Crippen LogP contribution in [0.25, 0.3) is 0 Å². The van der Waals surface area contributed by atoms with E-state index in [2.05, 4.69) is 17.1 Å². The quantitative estimate of drug-likeness (QED) is 0.823. The molecule has 18 heavy (non-hydrogen) atoms. The molecule has 4 rings (SSSR count). The van der Waals surface area contributed by atoms with Crippen molar-refractivity contribution in [2.24, 2.45) is 17.8 Å². The highest BCUT2D eigenvalue weighted by atomic mass is 15.3. The molecule has 1 heterocycles. The summed E-state index contributed by atoms with van der Waals surface area (Å²) in [6.45, 7) is 6.49. The molecule has 1 N–H and O–H groups in total. The molecule has 0 radical (unpaired) electrons. The van der Waals surface area contributed by atoms with Gasteiger partial charge in [0, 0.05) is 31.2 Å². The van der Waals surface area contributed by atoms with Gasteiger partial charge in [-0.15, -0.1) is 0 Å². The predicted molar refractivity (Wildman–Crippen MR) is 74.6 cm³/mol. The fourth-order valence-corrected chi connectivity index (χ4v) is 4.21. The van der Waals surface area contributed by atoms with Crippen molar-refractivity contribution in [3.8, 4) is 0 Å². The van der Waals surface area contributed by atoms with Crippen LogP contribution in [0.1, 0.15) is 51.9 Å². The molecular formula is C16H28N2. The molecule has 3 saturated carbocycles. The van der Waals surface area contributed by atoms with E-state index in [1.807, 2.05) is 0 Å². The molecule has 0 bridgehead atoms. The molecular weight excluding hydrogens is 220 g/mol. The van der Waals surface area contributed by atoms with Gasteiger partial charge in [0.15, 0.2) is 0 Å². The minimum atomic E-state index is 0.440. The average molecular weight is 248 g/mol. The third kappa shape index (κ3) is 2.12. The van der Waals surface area contributed by atoms with E-state index in [4.69, 9.17) is 0 Å². The van der Waals surface area contributed by atoms with Gasteiger partial charge in [-0.2, -0.15) is 0 Å². The van der Waals surface area contributed by atoms with E-state index in [0.29, 0.717) is 5.54 Å². The summed E-state index contributed by atoms with van der Waals surface area (Å²) in [5, 5.41) is 3.93. The second-order valence-electron chi connectivity index (χ2n) is 7.70. The van der Waals surface area contributed by atoms with Crippen molar-refractivity contribution in [1.82, 2.24) is 10.2 Å². The van der Waals surface area contributed by atoms with Gasteiger partial charge in [-0.05, 0) is 63.2 Å². The van der Waals surface area contributed by atoms with Crippen molar-refractivity contribution in [3.05, 3.63) is 0 Å². The summed E-state index contributed by atoms with van der Waals surface area (Å²) in [4.78, 5) is 2.90. The van der Waals surface area contributed by atoms with Gasteiger partial charge in [-0.25, -0.2) is 0 Å². The number of nitrogens with zero attached hydrogens (tertiary/aromatic N) is 1. The molecule has 2 atom stereocenters. The van der Waals surface area contributed by atoms with E-state index in [9.17, 15) is 0 Å². The average Bonchev–Trinajstić information content (AvgIpc) is 3.16. The summed E-state index contributed by atoms with van der Waals surface area (Å²) in [6.07, 6.45) is 10.4. The molecule has 1 saturated heterocycles. The monoisotopic (exact) mass is 248 g/mol. The molecule has 0 amide bonds. The first kappa shape index (κ1) is 11.7. The molecule has 0 aromatic rings. The Morgan fingerprint density at radius 3 is 2.44 bits per heavy atom. The largest absolute Gasteiger partial charge is 0.308 e. The third-order valence-corrected chi connectivity index (χ3v) is 6.08. The Balaban J connectivity index is 1.45. The fourth-order valence-electron chi connectivity index (χ4n) is 4.21. The maximum atomic E-state index is 3.93. The maximum Gasteiger partial charge on any atom is 0.0309 e. The van der Waals surface area contributed by atoms with Crippen molar-refractivity contribution >= 4 is 0 Å². The van der Waals surface area contributed by atoms with E-state index >= 15 is 0 Å². The van der Waals surface area contributed by atoms with Crippen LogP contribution in [-0.2, 0) is 0 Å². The minimum absolute atomic E-state index is 0.440. The van der Waals surface area contributed by atoms with Gasteiger partial charge in [0.25, 0.3) is 0 Å². The summed E-state index contributed by atoms with van der Waals surface area (Å²) in [6, 6.07) is 0.873. The molecule has 0 aromatic carbocycles. The van der Waals surface area contributed by atoms with Crippen LogP contribution in [0.15, 0.2) is 0 Å². The highest BCUT2D eigenvalue weighted by Crippen LogP contribution is 2.44. The zero-order valence-corrected chi connectivity index (χ0v) is 11.8. The number of rotatable bonds is 4. The molecule has 0 spiro atoms. The van der Waals surface area contributed by atoms with Crippen molar-refractivity contribution in [2.75, 3.05) is 19.6 Å². The maximum absolute atomic E-state index is 3.93. The SMILES string of the molecule is CC1(C2CC2)CN(CC2CCC2)C(C2CC2)CN1. The molecule has 1 aliphatic heterocycles. The number of nitrogens with one attached hydrogen (secondary N) is 1. The normalized spacial score (nSPS) is 42.8. The van der Waals surface area contributed by atoms with Crippen LogP contribution in [0.4, 0.5) is 0 Å². The van der Waals surface area contributed by atoms with Crippen LogP contribution in [0.3, 0.4) is 0 Å². The van der Waals surface area contributed by atoms with E-state index < -0.39 is 0 Å². The third-order valence-electron chi connectivity index (χ3n) is 6.08. The van der Waals surface area contributed by atoms with Crippen molar-refractivity contribution in [2.45, 2.75) is 63.5 Å². The molecule has 0 aromatic heterocycles. The van der Waals surface area contributed by atoms with Gasteiger partial charge in [0.05, 0.1) is 0 Å². The Hall–Kier alpha value is -0.0800. The molecule has 4 fully saturated rings. The highest BCUT2D eigenvalue weighted by Gasteiger charge is 2.49. The summed E-state index contributed by atoms with van der Waals surface area (Å²) < 4.78 is 0. The second-order valence-corrected chi connectivity index (χ2v) is 7.70. The minimum Gasteiger partial charge on any atom is -0.308 e. The van der Waals surface area contributed by atoms with Crippen molar-refractivity contribution < 1.29 is 0 Å². The topological polar surface area (TPSA) is 15.3 Å². The van der Waals surface area contributed by atoms with Crippen LogP contribution < -0.4 is 5.32 Å². The smallest absolute Gasteiger partial charge is 0.0309 e. The van der Waals surface area contributed by atoms with Gasteiger partial charge in [-0.3, -0.25) is 4.90 Å².